The standard InChI is InChI=1S/C17H20N4O3/c1-11-12(16(23)20-17(24)19-11)10-15(22)21-9-5-3-7-14(21)13-6-2-4-8-18-13/h2,4,6,8,14H,3,5,7,9-10H2,1H3,(H2,19,20,23,24). The van der Waals surface area contributed by atoms with E-state index < -0.39 is 11.2 Å². The van der Waals surface area contributed by atoms with Crippen LogP contribution < -0.4 is 11.2 Å². The predicted molar refractivity (Wildman–Crippen MR) is 88.7 cm³/mol. The Bertz CT molecular complexity index is 841. The minimum Gasteiger partial charge on any atom is -0.334 e. The molecule has 0 aliphatic carbocycles. The molecular weight excluding hydrogens is 308 g/mol. The van der Waals surface area contributed by atoms with E-state index in [0.29, 0.717) is 17.8 Å². The highest BCUT2D eigenvalue weighted by Crippen LogP contribution is 2.30. The number of aromatic amines is 2. The van der Waals surface area contributed by atoms with Crippen LogP contribution in [0.4, 0.5) is 0 Å². The number of aromatic nitrogens is 3. The number of carbonyl (C=O) groups is 1. The van der Waals surface area contributed by atoms with Crippen LogP contribution in [0.5, 0.6) is 0 Å². The molecule has 1 amide bonds. The highest BCUT2D eigenvalue weighted by atomic mass is 16.2. The lowest BCUT2D eigenvalue weighted by Gasteiger charge is -2.35. The Morgan fingerprint density at radius 2 is 2.12 bits per heavy atom. The third kappa shape index (κ3) is 3.29. The predicted octanol–water partition coefficient (Wildman–Crippen LogP) is 1.06. The molecule has 3 heterocycles. The third-order valence-electron chi connectivity index (χ3n) is 4.44. The van der Waals surface area contributed by atoms with E-state index in [2.05, 4.69) is 15.0 Å². The van der Waals surface area contributed by atoms with Crippen molar-refractivity contribution in [2.24, 2.45) is 0 Å². The Balaban J connectivity index is 1.85. The van der Waals surface area contributed by atoms with Crippen LogP contribution >= 0.6 is 0 Å². The van der Waals surface area contributed by atoms with Gasteiger partial charge in [0, 0.05) is 24.0 Å². The molecule has 2 aromatic heterocycles. The van der Waals surface area contributed by atoms with Gasteiger partial charge in [-0.05, 0) is 38.3 Å². The number of aryl methyl sites for hydroxylation is 1. The van der Waals surface area contributed by atoms with Crippen molar-refractivity contribution >= 4 is 5.91 Å². The van der Waals surface area contributed by atoms with E-state index in [0.717, 1.165) is 25.0 Å². The number of hydrogen-bond donors (Lipinski definition) is 2. The lowest BCUT2D eigenvalue weighted by atomic mass is 9.97. The summed E-state index contributed by atoms with van der Waals surface area (Å²) in [5.41, 5.74) is 0.556. The van der Waals surface area contributed by atoms with Gasteiger partial charge in [-0.2, -0.15) is 0 Å². The Kier molecular flexibility index (Phi) is 4.59. The molecule has 1 atom stereocenters. The molecule has 2 N–H and O–H groups in total. The maximum absolute atomic E-state index is 12.8. The average Bonchev–Trinajstić information content (AvgIpc) is 2.58. The molecule has 1 unspecified atom stereocenters. The van der Waals surface area contributed by atoms with E-state index in [1.165, 1.54) is 0 Å². The SMILES string of the molecule is Cc1[nH]c(=O)[nH]c(=O)c1CC(=O)N1CCCCC1c1ccccn1. The molecule has 3 rings (SSSR count). The zero-order chi connectivity index (χ0) is 17.1. The van der Waals surface area contributed by atoms with Gasteiger partial charge in [-0.25, -0.2) is 4.79 Å². The van der Waals surface area contributed by atoms with Crippen molar-refractivity contribution in [3.8, 4) is 0 Å². The molecule has 1 saturated heterocycles. The zero-order valence-electron chi connectivity index (χ0n) is 13.5. The molecule has 1 aliphatic heterocycles. The van der Waals surface area contributed by atoms with Gasteiger partial charge in [0.15, 0.2) is 0 Å². The van der Waals surface area contributed by atoms with Crippen LogP contribution in [0.25, 0.3) is 0 Å². The van der Waals surface area contributed by atoms with Gasteiger partial charge < -0.3 is 9.88 Å². The number of nitrogens with one attached hydrogen (secondary N) is 2. The van der Waals surface area contributed by atoms with Crippen molar-refractivity contribution in [2.45, 2.75) is 38.6 Å². The van der Waals surface area contributed by atoms with Gasteiger partial charge in [-0.3, -0.25) is 19.6 Å². The molecule has 0 radical (unpaired) electrons. The monoisotopic (exact) mass is 328 g/mol. The van der Waals surface area contributed by atoms with Crippen molar-refractivity contribution in [1.82, 2.24) is 19.9 Å². The number of H-pyrrole nitrogens is 2. The van der Waals surface area contributed by atoms with Crippen LogP contribution in [0, 0.1) is 6.92 Å². The maximum atomic E-state index is 12.8. The molecule has 24 heavy (non-hydrogen) atoms. The minimum absolute atomic E-state index is 0.0265. The average molecular weight is 328 g/mol. The largest absolute Gasteiger partial charge is 0.334 e. The molecule has 7 heteroatoms. The maximum Gasteiger partial charge on any atom is 0.325 e. The van der Waals surface area contributed by atoms with Crippen molar-refractivity contribution in [3.05, 3.63) is 62.2 Å². The van der Waals surface area contributed by atoms with Crippen molar-refractivity contribution in [2.75, 3.05) is 6.54 Å². The fourth-order valence-electron chi connectivity index (χ4n) is 3.20. The van der Waals surface area contributed by atoms with E-state index in [9.17, 15) is 14.4 Å². The molecule has 0 saturated carbocycles. The van der Waals surface area contributed by atoms with Crippen LogP contribution in [-0.2, 0) is 11.2 Å². The number of pyridine rings is 1. The topological polar surface area (TPSA) is 98.9 Å². The quantitative estimate of drug-likeness (QED) is 0.880. The molecule has 1 fully saturated rings. The summed E-state index contributed by atoms with van der Waals surface area (Å²) in [5, 5.41) is 0. The van der Waals surface area contributed by atoms with Gasteiger partial charge in [0.2, 0.25) is 5.91 Å². The molecule has 0 aromatic carbocycles. The van der Waals surface area contributed by atoms with Gasteiger partial charge in [0.05, 0.1) is 18.2 Å². The lowest BCUT2D eigenvalue weighted by Crippen LogP contribution is -2.41. The third-order valence-corrected chi connectivity index (χ3v) is 4.44. The molecule has 0 bridgehead atoms. The molecular formula is C17H20N4O3. The first-order valence-electron chi connectivity index (χ1n) is 8.08. The van der Waals surface area contributed by atoms with E-state index in [-0.39, 0.29) is 18.4 Å². The van der Waals surface area contributed by atoms with Crippen molar-refractivity contribution in [3.63, 3.8) is 0 Å². The van der Waals surface area contributed by atoms with E-state index in [4.69, 9.17) is 0 Å². The zero-order valence-corrected chi connectivity index (χ0v) is 13.5. The van der Waals surface area contributed by atoms with Gasteiger partial charge in [0.25, 0.3) is 5.56 Å². The summed E-state index contributed by atoms with van der Waals surface area (Å²) in [5.74, 6) is -0.119. The number of piperidine rings is 1. The second kappa shape index (κ2) is 6.82. The first-order chi connectivity index (χ1) is 11.6. The minimum atomic E-state index is -0.557. The van der Waals surface area contributed by atoms with Gasteiger partial charge in [-0.1, -0.05) is 6.07 Å². The first kappa shape index (κ1) is 16.2. The van der Waals surface area contributed by atoms with Gasteiger partial charge >= 0.3 is 5.69 Å². The summed E-state index contributed by atoms with van der Waals surface area (Å²) in [6, 6.07) is 5.63. The van der Waals surface area contributed by atoms with E-state index in [1.54, 1.807) is 18.0 Å². The fraction of sp³-hybridized carbons (Fsp3) is 0.412. The summed E-state index contributed by atoms with van der Waals surface area (Å²) in [6.45, 7) is 2.28. The van der Waals surface area contributed by atoms with E-state index in [1.807, 2.05) is 18.2 Å². The lowest BCUT2D eigenvalue weighted by molar-refractivity contribution is -0.134. The molecule has 1 aliphatic rings. The van der Waals surface area contributed by atoms with Crippen LogP contribution in [0.15, 0.2) is 34.0 Å². The second-order valence-electron chi connectivity index (χ2n) is 6.04. The van der Waals surface area contributed by atoms with Gasteiger partial charge in [0.1, 0.15) is 0 Å². The molecule has 0 spiro atoms. The molecule has 7 nitrogen and oxygen atoms in total. The highest BCUT2D eigenvalue weighted by Gasteiger charge is 2.29. The van der Waals surface area contributed by atoms with Gasteiger partial charge in [-0.15, -0.1) is 0 Å². The Hall–Kier alpha value is -2.70. The second-order valence-corrected chi connectivity index (χ2v) is 6.04. The number of carbonyl (C=O) groups excluding carboxylic acids is 1. The normalized spacial score (nSPS) is 17.7. The van der Waals surface area contributed by atoms with Crippen molar-refractivity contribution in [1.29, 1.82) is 0 Å². The summed E-state index contributed by atoms with van der Waals surface area (Å²) in [6.07, 6.45) is 4.55. The Morgan fingerprint density at radius 3 is 2.83 bits per heavy atom. The number of rotatable bonds is 3. The van der Waals surface area contributed by atoms with Crippen molar-refractivity contribution < 1.29 is 4.79 Å². The first-order valence-corrected chi connectivity index (χ1v) is 8.08. The number of hydrogen-bond acceptors (Lipinski definition) is 4. The molecule has 126 valence electrons. The number of likely N-dealkylation sites (tertiary alicyclic amines) is 1. The summed E-state index contributed by atoms with van der Waals surface area (Å²) < 4.78 is 0. The van der Waals surface area contributed by atoms with Crippen LogP contribution in [0.2, 0.25) is 0 Å². The summed E-state index contributed by atoms with van der Waals surface area (Å²) in [7, 11) is 0. The fourth-order valence-corrected chi connectivity index (χ4v) is 3.20. The van der Waals surface area contributed by atoms with E-state index >= 15 is 0 Å². The highest BCUT2D eigenvalue weighted by molar-refractivity contribution is 5.79. The Morgan fingerprint density at radius 1 is 1.29 bits per heavy atom. The smallest absolute Gasteiger partial charge is 0.325 e. The van der Waals surface area contributed by atoms with Crippen LogP contribution in [-0.4, -0.2) is 32.3 Å². The Labute approximate surface area is 138 Å². The van der Waals surface area contributed by atoms with Crippen LogP contribution in [0.3, 0.4) is 0 Å². The summed E-state index contributed by atoms with van der Waals surface area (Å²) >= 11 is 0. The van der Waals surface area contributed by atoms with Crippen LogP contribution in [0.1, 0.15) is 42.3 Å². The summed E-state index contributed by atoms with van der Waals surface area (Å²) in [4.78, 5) is 46.9. The number of amides is 1. The molecule has 2 aromatic rings. The number of nitrogens with zero attached hydrogens (tertiary/aromatic N) is 2.